The van der Waals surface area contributed by atoms with Crippen LogP contribution in [-0.2, 0) is 9.33 Å². The van der Waals surface area contributed by atoms with E-state index in [4.69, 9.17) is 17.4 Å². The molecule has 2 rings (SSSR count). The Bertz CT molecular complexity index is 508. The van der Waals surface area contributed by atoms with E-state index in [2.05, 4.69) is 15.7 Å². The van der Waals surface area contributed by atoms with Crippen molar-refractivity contribution >= 4 is 31.1 Å². The number of para-hydroxylation sites is 2. The quantitative estimate of drug-likeness (QED) is 0.572. The van der Waals surface area contributed by atoms with Gasteiger partial charge in [0.2, 0.25) is 0 Å². The second-order valence-electron chi connectivity index (χ2n) is 2.61. The third-order valence-electron chi connectivity index (χ3n) is 1.40. The van der Waals surface area contributed by atoms with E-state index in [9.17, 15) is 0 Å². The first-order valence-electron chi connectivity index (χ1n) is 3.85. The molecule has 0 saturated heterocycles. The van der Waals surface area contributed by atoms with Crippen LogP contribution >= 0.6 is 10.7 Å². The average molecular weight is 250 g/mol. The molecule has 0 unspecified atom stereocenters. The van der Waals surface area contributed by atoms with Gasteiger partial charge in [-0.3, -0.25) is 4.55 Å². The van der Waals surface area contributed by atoms with E-state index < -0.39 is 9.33 Å². The summed E-state index contributed by atoms with van der Waals surface area (Å²) in [6.45, 7) is 1.85. The van der Waals surface area contributed by atoms with E-state index in [1.165, 1.54) is 0 Å². The zero-order valence-corrected chi connectivity index (χ0v) is 9.29. The maximum absolute atomic E-state index is 8.95. The van der Waals surface area contributed by atoms with Crippen LogP contribution in [0.1, 0.15) is 5.89 Å². The molecule has 0 saturated carbocycles. The first kappa shape index (κ1) is 12.0. The zero-order chi connectivity index (χ0) is 11.5. The Morgan fingerprint density at radius 3 is 2.47 bits per heavy atom. The SMILES string of the molecule is Cc1nc2ccccc2o1.O=S(=O)(O)Cl. The number of fused-ring (bicyclic) bond motifs is 1. The van der Waals surface area contributed by atoms with Crippen LogP contribution in [0.15, 0.2) is 28.7 Å². The van der Waals surface area contributed by atoms with Gasteiger partial charge < -0.3 is 4.42 Å². The van der Waals surface area contributed by atoms with Gasteiger partial charge in [-0.2, -0.15) is 8.42 Å². The monoisotopic (exact) mass is 249 g/mol. The Morgan fingerprint density at radius 2 is 1.93 bits per heavy atom. The Labute approximate surface area is 90.9 Å². The molecule has 0 aliphatic carbocycles. The van der Waals surface area contributed by atoms with Gasteiger partial charge in [0.05, 0.1) is 0 Å². The molecule has 0 amide bonds. The predicted molar refractivity (Wildman–Crippen MR) is 56.1 cm³/mol. The fourth-order valence-electron chi connectivity index (χ4n) is 0.987. The Hall–Kier alpha value is -1.11. The summed E-state index contributed by atoms with van der Waals surface area (Å²) >= 11 is 0. The summed E-state index contributed by atoms with van der Waals surface area (Å²) in [4.78, 5) is 4.15. The van der Waals surface area contributed by atoms with Crippen LogP contribution in [-0.4, -0.2) is 18.0 Å². The van der Waals surface area contributed by atoms with Crippen LogP contribution in [0.3, 0.4) is 0 Å². The molecule has 5 nitrogen and oxygen atoms in total. The molecule has 1 aromatic heterocycles. The van der Waals surface area contributed by atoms with Crippen LogP contribution in [0, 0.1) is 6.92 Å². The van der Waals surface area contributed by atoms with Gasteiger partial charge in [0.25, 0.3) is 0 Å². The number of aromatic nitrogens is 1. The molecule has 15 heavy (non-hydrogen) atoms. The fourth-order valence-corrected chi connectivity index (χ4v) is 0.987. The van der Waals surface area contributed by atoms with E-state index in [0.717, 1.165) is 17.0 Å². The number of hydrogen-bond donors (Lipinski definition) is 1. The molecule has 0 aliphatic rings. The predicted octanol–water partition coefficient (Wildman–Crippen LogP) is 2.16. The lowest BCUT2D eigenvalue weighted by molar-refractivity contribution is 0.501. The van der Waals surface area contributed by atoms with Crippen molar-refractivity contribution in [1.82, 2.24) is 4.98 Å². The highest BCUT2D eigenvalue weighted by Gasteiger charge is 1.97. The molecule has 2 aromatic rings. The normalized spacial score (nSPS) is 10.9. The van der Waals surface area contributed by atoms with Gasteiger partial charge in [-0.15, -0.1) is 0 Å². The summed E-state index contributed by atoms with van der Waals surface area (Å²) in [5.74, 6) is 0.723. The third kappa shape index (κ3) is 4.78. The van der Waals surface area contributed by atoms with Crippen LogP contribution in [0.25, 0.3) is 11.1 Å². The highest BCUT2D eigenvalue weighted by Crippen LogP contribution is 2.12. The number of aryl methyl sites for hydroxylation is 1. The molecule has 82 valence electrons. The largest absolute Gasteiger partial charge is 0.441 e. The molecule has 0 bridgehead atoms. The van der Waals surface area contributed by atoms with E-state index in [1.807, 2.05) is 31.2 Å². The minimum atomic E-state index is -4.19. The van der Waals surface area contributed by atoms with Crippen molar-refractivity contribution in [2.75, 3.05) is 0 Å². The molecule has 0 fully saturated rings. The highest BCUT2D eigenvalue weighted by molar-refractivity contribution is 8.09. The molecule has 7 heteroatoms. The minimum Gasteiger partial charge on any atom is -0.441 e. The minimum absolute atomic E-state index is 0.723. The lowest BCUT2D eigenvalue weighted by atomic mass is 10.3. The van der Waals surface area contributed by atoms with Crippen LogP contribution < -0.4 is 0 Å². The van der Waals surface area contributed by atoms with Gasteiger partial charge in [-0.05, 0) is 12.1 Å². The number of benzene rings is 1. The molecule has 1 aromatic carbocycles. The third-order valence-corrected chi connectivity index (χ3v) is 1.40. The van der Waals surface area contributed by atoms with Gasteiger partial charge in [-0.25, -0.2) is 4.98 Å². The van der Waals surface area contributed by atoms with Crippen LogP contribution in [0.2, 0.25) is 0 Å². The van der Waals surface area contributed by atoms with E-state index >= 15 is 0 Å². The molecular weight excluding hydrogens is 242 g/mol. The lowest BCUT2D eigenvalue weighted by Crippen LogP contribution is -1.77. The Morgan fingerprint density at radius 1 is 1.40 bits per heavy atom. The van der Waals surface area contributed by atoms with Gasteiger partial charge in [0.1, 0.15) is 5.52 Å². The molecule has 0 spiro atoms. The maximum Gasteiger partial charge on any atom is 0.353 e. The summed E-state index contributed by atoms with van der Waals surface area (Å²) in [5.41, 5.74) is 1.79. The highest BCUT2D eigenvalue weighted by atomic mass is 35.7. The molecule has 0 aliphatic heterocycles. The van der Waals surface area contributed by atoms with Gasteiger partial charge in [0, 0.05) is 17.6 Å². The second kappa shape index (κ2) is 4.61. The number of hydrogen-bond acceptors (Lipinski definition) is 4. The van der Waals surface area contributed by atoms with Crippen molar-refractivity contribution in [2.24, 2.45) is 0 Å². The van der Waals surface area contributed by atoms with Crippen molar-refractivity contribution in [2.45, 2.75) is 6.92 Å². The number of nitrogens with zero attached hydrogens (tertiary/aromatic N) is 1. The van der Waals surface area contributed by atoms with Gasteiger partial charge in [-0.1, -0.05) is 12.1 Å². The summed E-state index contributed by atoms with van der Waals surface area (Å²) in [6, 6.07) is 7.73. The lowest BCUT2D eigenvalue weighted by Gasteiger charge is -1.79. The Balaban J connectivity index is 0.000000195. The number of oxazole rings is 1. The van der Waals surface area contributed by atoms with Crippen molar-refractivity contribution in [3.8, 4) is 0 Å². The first-order chi connectivity index (χ1) is 6.86. The van der Waals surface area contributed by atoms with Crippen LogP contribution in [0.5, 0.6) is 0 Å². The average Bonchev–Trinajstić information content (AvgIpc) is 2.40. The smallest absolute Gasteiger partial charge is 0.353 e. The van der Waals surface area contributed by atoms with Gasteiger partial charge in [0.15, 0.2) is 11.5 Å². The number of rotatable bonds is 0. The molecule has 0 radical (unpaired) electrons. The van der Waals surface area contributed by atoms with Crippen molar-refractivity contribution < 1.29 is 17.4 Å². The van der Waals surface area contributed by atoms with E-state index in [1.54, 1.807) is 0 Å². The fraction of sp³-hybridized carbons (Fsp3) is 0.125. The Kier molecular flexibility index (Phi) is 3.67. The second-order valence-corrected chi connectivity index (χ2v) is 4.61. The summed E-state index contributed by atoms with van der Waals surface area (Å²) < 4.78 is 30.4. The topological polar surface area (TPSA) is 80.4 Å². The molecule has 1 heterocycles. The molecular formula is C8H8ClNO4S. The van der Waals surface area contributed by atoms with Crippen molar-refractivity contribution in [3.63, 3.8) is 0 Å². The van der Waals surface area contributed by atoms with Gasteiger partial charge >= 0.3 is 9.33 Å². The van der Waals surface area contributed by atoms with E-state index in [-0.39, 0.29) is 0 Å². The number of halogens is 1. The summed E-state index contributed by atoms with van der Waals surface area (Å²) in [6.07, 6.45) is 0. The molecule has 0 atom stereocenters. The summed E-state index contributed by atoms with van der Waals surface area (Å²) in [7, 11) is -0.137. The first-order valence-corrected chi connectivity index (χ1v) is 6.12. The van der Waals surface area contributed by atoms with Crippen LogP contribution in [0.4, 0.5) is 0 Å². The maximum atomic E-state index is 8.95. The summed E-state index contributed by atoms with van der Waals surface area (Å²) in [5, 5.41) is 0. The zero-order valence-electron chi connectivity index (χ0n) is 7.71. The standard InChI is InChI=1S/C8H7NO.ClHO3S/c1-6-9-7-4-2-3-5-8(7)10-6;1-5(2,3)4/h2-5H,1H3;(H,2,3,4). The molecule has 1 N–H and O–H groups in total. The van der Waals surface area contributed by atoms with E-state index in [0.29, 0.717) is 0 Å². The van der Waals surface area contributed by atoms with Crippen molar-refractivity contribution in [3.05, 3.63) is 30.2 Å². The van der Waals surface area contributed by atoms with Crippen molar-refractivity contribution in [1.29, 1.82) is 0 Å².